The van der Waals surface area contributed by atoms with Gasteiger partial charge in [0.2, 0.25) is 0 Å². The van der Waals surface area contributed by atoms with Gasteiger partial charge in [-0.05, 0) is 51.8 Å². The molecule has 1 aliphatic heterocycles. The number of likely N-dealkylation sites (tertiary alicyclic amines) is 1. The van der Waals surface area contributed by atoms with Gasteiger partial charge in [-0.3, -0.25) is 4.90 Å². The quantitative estimate of drug-likeness (QED) is 0.902. The Hall–Kier alpha value is -0.680. The second kappa shape index (κ2) is 6.39. The highest BCUT2D eigenvalue weighted by Crippen LogP contribution is 2.37. The van der Waals surface area contributed by atoms with Gasteiger partial charge in [0.25, 0.3) is 0 Å². The molecule has 2 nitrogen and oxygen atoms in total. The summed E-state index contributed by atoms with van der Waals surface area (Å²) in [6.45, 7) is 2.92. The molecule has 2 heterocycles. The van der Waals surface area contributed by atoms with E-state index in [1.54, 1.807) is 11.3 Å². The lowest BCUT2D eigenvalue weighted by molar-refractivity contribution is 0.251. The Bertz CT molecular complexity index is 555. The molecule has 0 radical (unpaired) electrons. The third-order valence-corrected chi connectivity index (χ3v) is 6.07. The van der Waals surface area contributed by atoms with E-state index in [2.05, 4.69) is 62.6 Å². The summed E-state index contributed by atoms with van der Waals surface area (Å²) in [6.07, 6.45) is 1.23. The van der Waals surface area contributed by atoms with Crippen molar-refractivity contribution in [2.75, 3.05) is 19.6 Å². The molecule has 2 unspecified atom stereocenters. The molecular weight excluding hydrogens is 332 g/mol. The van der Waals surface area contributed by atoms with Crippen molar-refractivity contribution in [3.63, 3.8) is 0 Å². The van der Waals surface area contributed by atoms with Crippen LogP contribution in [-0.4, -0.2) is 24.5 Å². The Morgan fingerprint density at radius 2 is 2.10 bits per heavy atom. The van der Waals surface area contributed by atoms with Crippen LogP contribution in [0.25, 0.3) is 0 Å². The molecule has 1 fully saturated rings. The maximum Gasteiger partial charge on any atom is 0.0575 e. The first-order valence-electron chi connectivity index (χ1n) is 7.01. The van der Waals surface area contributed by atoms with Crippen LogP contribution in [0.2, 0.25) is 0 Å². The second-order valence-corrected chi connectivity index (χ2v) is 7.08. The first-order chi connectivity index (χ1) is 9.79. The highest BCUT2D eigenvalue weighted by atomic mass is 79.9. The van der Waals surface area contributed by atoms with E-state index in [1.165, 1.54) is 21.3 Å². The van der Waals surface area contributed by atoms with E-state index in [9.17, 15) is 0 Å². The molecule has 3 rings (SSSR count). The lowest BCUT2D eigenvalue weighted by atomic mass is 9.99. The molecule has 2 N–H and O–H groups in total. The van der Waals surface area contributed by atoms with Gasteiger partial charge >= 0.3 is 0 Å². The van der Waals surface area contributed by atoms with Gasteiger partial charge in [-0.2, -0.15) is 0 Å². The van der Waals surface area contributed by atoms with Crippen molar-refractivity contribution in [1.82, 2.24) is 4.90 Å². The van der Waals surface area contributed by atoms with Gasteiger partial charge in [-0.15, -0.1) is 11.3 Å². The number of hydrogen-bond acceptors (Lipinski definition) is 3. The molecule has 0 spiro atoms. The van der Waals surface area contributed by atoms with Crippen LogP contribution in [0.4, 0.5) is 0 Å². The molecule has 0 saturated carbocycles. The Morgan fingerprint density at radius 1 is 1.30 bits per heavy atom. The van der Waals surface area contributed by atoms with Crippen molar-refractivity contribution in [1.29, 1.82) is 0 Å². The SMILES string of the molecule is NCC(c1sccc1Br)N1CCC(c2ccccc2)C1. The van der Waals surface area contributed by atoms with Crippen LogP contribution in [0.3, 0.4) is 0 Å². The Kier molecular flexibility index (Phi) is 4.56. The normalized spacial score (nSPS) is 21.2. The third-order valence-electron chi connectivity index (χ3n) is 4.10. The first kappa shape index (κ1) is 14.3. The van der Waals surface area contributed by atoms with Crippen molar-refractivity contribution in [2.45, 2.75) is 18.4 Å². The van der Waals surface area contributed by atoms with E-state index in [-0.39, 0.29) is 0 Å². The van der Waals surface area contributed by atoms with E-state index in [0.29, 0.717) is 18.5 Å². The van der Waals surface area contributed by atoms with Crippen molar-refractivity contribution in [3.8, 4) is 0 Å². The molecule has 4 heteroatoms. The van der Waals surface area contributed by atoms with Gasteiger partial charge in [0.05, 0.1) is 6.04 Å². The van der Waals surface area contributed by atoms with Gasteiger partial charge in [0.15, 0.2) is 0 Å². The van der Waals surface area contributed by atoms with Crippen LogP contribution in [-0.2, 0) is 0 Å². The lowest BCUT2D eigenvalue weighted by Gasteiger charge is -2.26. The smallest absolute Gasteiger partial charge is 0.0575 e. The molecule has 20 heavy (non-hydrogen) atoms. The molecule has 1 aromatic heterocycles. The molecule has 0 bridgehead atoms. The van der Waals surface area contributed by atoms with Crippen LogP contribution < -0.4 is 5.73 Å². The average molecular weight is 351 g/mol. The van der Waals surface area contributed by atoms with Gasteiger partial charge < -0.3 is 5.73 Å². The third kappa shape index (κ3) is 2.84. The summed E-state index contributed by atoms with van der Waals surface area (Å²) < 4.78 is 1.20. The predicted octanol–water partition coefficient (Wildman–Crippen LogP) is 4.00. The topological polar surface area (TPSA) is 29.3 Å². The number of rotatable bonds is 4. The number of halogens is 1. The monoisotopic (exact) mass is 350 g/mol. The summed E-state index contributed by atoms with van der Waals surface area (Å²) in [6, 6.07) is 13.3. The van der Waals surface area contributed by atoms with Crippen LogP contribution in [0.1, 0.15) is 28.8 Å². The van der Waals surface area contributed by atoms with Gasteiger partial charge in [-0.1, -0.05) is 30.3 Å². The number of hydrogen-bond donors (Lipinski definition) is 1. The fraction of sp³-hybridized carbons (Fsp3) is 0.375. The van der Waals surface area contributed by atoms with Crippen molar-refractivity contribution in [3.05, 3.63) is 56.7 Å². The lowest BCUT2D eigenvalue weighted by Crippen LogP contribution is -2.31. The minimum Gasteiger partial charge on any atom is -0.329 e. The molecule has 0 aliphatic carbocycles. The molecular formula is C16H19BrN2S. The molecule has 1 saturated heterocycles. The highest BCUT2D eigenvalue weighted by Gasteiger charge is 2.30. The maximum absolute atomic E-state index is 6.04. The highest BCUT2D eigenvalue weighted by molar-refractivity contribution is 9.10. The Balaban J connectivity index is 1.74. The van der Waals surface area contributed by atoms with Crippen molar-refractivity contribution in [2.24, 2.45) is 5.73 Å². The number of thiophene rings is 1. The van der Waals surface area contributed by atoms with E-state index in [0.717, 1.165) is 13.1 Å². The maximum atomic E-state index is 6.04. The van der Waals surface area contributed by atoms with Crippen molar-refractivity contribution < 1.29 is 0 Å². The van der Waals surface area contributed by atoms with Gasteiger partial charge in [0, 0.05) is 22.4 Å². The van der Waals surface area contributed by atoms with Gasteiger partial charge in [0.1, 0.15) is 0 Å². The first-order valence-corrected chi connectivity index (χ1v) is 8.69. The Morgan fingerprint density at radius 3 is 2.75 bits per heavy atom. The molecule has 2 aromatic rings. The summed E-state index contributed by atoms with van der Waals surface area (Å²) in [7, 11) is 0. The zero-order valence-electron chi connectivity index (χ0n) is 11.3. The summed E-state index contributed by atoms with van der Waals surface area (Å²) in [5, 5.41) is 2.13. The number of nitrogens with zero attached hydrogens (tertiary/aromatic N) is 1. The zero-order chi connectivity index (χ0) is 13.9. The molecule has 0 amide bonds. The standard InChI is InChI=1S/C16H19BrN2S/c17-14-7-9-20-16(14)15(10-18)19-8-6-13(11-19)12-4-2-1-3-5-12/h1-5,7,9,13,15H,6,8,10-11,18H2. The van der Waals surface area contributed by atoms with E-state index < -0.39 is 0 Å². The second-order valence-electron chi connectivity index (χ2n) is 5.28. The average Bonchev–Trinajstić information content (AvgIpc) is 3.12. The van der Waals surface area contributed by atoms with Crippen LogP contribution in [0.5, 0.6) is 0 Å². The number of benzene rings is 1. The van der Waals surface area contributed by atoms with Crippen LogP contribution >= 0.6 is 27.3 Å². The largest absolute Gasteiger partial charge is 0.329 e. The summed E-state index contributed by atoms with van der Waals surface area (Å²) >= 11 is 5.44. The van der Waals surface area contributed by atoms with Gasteiger partial charge in [-0.25, -0.2) is 0 Å². The fourth-order valence-electron chi connectivity index (χ4n) is 3.03. The molecule has 106 valence electrons. The van der Waals surface area contributed by atoms with E-state index in [4.69, 9.17) is 5.73 Å². The van der Waals surface area contributed by atoms with Crippen molar-refractivity contribution >= 4 is 27.3 Å². The minimum atomic E-state index is 0.345. The minimum absolute atomic E-state index is 0.345. The Labute approximate surface area is 132 Å². The van der Waals surface area contributed by atoms with E-state index in [1.807, 2.05) is 0 Å². The summed E-state index contributed by atoms with van der Waals surface area (Å²) in [5.41, 5.74) is 7.50. The molecule has 1 aliphatic rings. The summed E-state index contributed by atoms with van der Waals surface area (Å²) in [5.74, 6) is 0.643. The van der Waals surface area contributed by atoms with Crippen LogP contribution in [0, 0.1) is 0 Å². The fourth-order valence-corrected chi connectivity index (χ4v) is 4.82. The summed E-state index contributed by atoms with van der Waals surface area (Å²) in [4.78, 5) is 3.90. The van der Waals surface area contributed by atoms with Crippen LogP contribution in [0.15, 0.2) is 46.3 Å². The molecule has 2 atom stereocenters. The zero-order valence-corrected chi connectivity index (χ0v) is 13.7. The molecule has 1 aromatic carbocycles. The number of nitrogens with two attached hydrogens (primary N) is 1. The predicted molar refractivity (Wildman–Crippen MR) is 89.2 cm³/mol. The van der Waals surface area contributed by atoms with E-state index >= 15 is 0 Å².